The van der Waals surface area contributed by atoms with Gasteiger partial charge in [-0.05, 0) is 55.3 Å². The van der Waals surface area contributed by atoms with Crippen LogP contribution in [-0.4, -0.2) is 28.2 Å². The number of aromatic amines is 1. The van der Waals surface area contributed by atoms with Gasteiger partial charge in [-0.2, -0.15) is 0 Å². The van der Waals surface area contributed by atoms with Crippen molar-refractivity contribution in [3.05, 3.63) is 90.6 Å². The molecule has 0 amide bonds. The maximum atomic E-state index is 6.13. The predicted octanol–water partition coefficient (Wildman–Crippen LogP) is 6.67. The van der Waals surface area contributed by atoms with Crippen LogP contribution >= 0.6 is 0 Å². The number of hydrogen-bond donors (Lipinski definition) is 1. The Balaban J connectivity index is 1.45. The van der Waals surface area contributed by atoms with Gasteiger partial charge in [0.2, 0.25) is 0 Å². The van der Waals surface area contributed by atoms with Gasteiger partial charge >= 0.3 is 0 Å². The monoisotopic (exact) mass is 465 g/mol. The molecule has 6 heteroatoms. The molecule has 6 nitrogen and oxygen atoms in total. The van der Waals surface area contributed by atoms with Crippen LogP contribution in [0.15, 0.2) is 85.1 Å². The Hall–Kier alpha value is -4.32. The number of pyridine rings is 1. The number of ether oxygens (including phenoxy) is 3. The number of aromatic nitrogens is 3. The highest BCUT2D eigenvalue weighted by atomic mass is 16.5. The molecule has 0 radical (unpaired) electrons. The predicted molar refractivity (Wildman–Crippen MR) is 138 cm³/mol. The zero-order chi connectivity index (χ0) is 24.2. The van der Waals surface area contributed by atoms with Crippen LogP contribution in [0.2, 0.25) is 0 Å². The summed E-state index contributed by atoms with van der Waals surface area (Å²) in [6, 6.07) is 25.9. The normalized spacial score (nSPS) is 11.1. The van der Waals surface area contributed by atoms with Gasteiger partial charge in [0.05, 0.1) is 18.8 Å². The van der Waals surface area contributed by atoms with Gasteiger partial charge in [-0.15, -0.1) is 0 Å². The van der Waals surface area contributed by atoms with E-state index in [0.29, 0.717) is 18.2 Å². The molecule has 5 aromatic rings. The minimum Gasteiger partial charge on any atom is -0.497 e. The summed E-state index contributed by atoms with van der Waals surface area (Å²) in [4.78, 5) is 12.8. The lowest BCUT2D eigenvalue weighted by molar-refractivity contribution is 0.240. The molecule has 5 rings (SSSR count). The summed E-state index contributed by atoms with van der Waals surface area (Å²) >= 11 is 0. The molecule has 0 aliphatic carbocycles. The van der Waals surface area contributed by atoms with Crippen LogP contribution in [0, 0.1) is 0 Å². The molecule has 35 heavy (non-hydrogen) atoms. The molecular weight excluding hydrogens is 438 g/mol. The molecule has 0 spiro atoms. The van der Waals surface area contributed by atoms with Crippen molar-refractivity contribution in [1.29, 1.82) is 0 Å². The Morgan fingerprint density at radius 2 is 1.63 bits per heavy atom. The van der Waals surface area contributed by atoms with Crippen molar-refractivity contribution in [2.45, 2.75) is 26.6 Å². The van der Waals surface area contributed by atoms with Crippen LogP contribution in [0.4, 0.5) is 0 Å². The first kappa shape index (κ1) is 22.5. The molecule has 0 bridgehead atoms. The molecule has 0 aliphatic rings. The second kappa shape index (κ2) is 9.89. The zero-order valence-corrected chi connectivity index (χ0v) is 20.0. The van der Waals surface area contributed by atoms with Gasteiger partial charge in [0.15, 0.2) is 5.65 Å². The van der Waals surface area contributed by atoms with E-state index in [4.69, 9.17) is 19.2 Å². The van der Waals surface area contributed by atoms with Gasteiger partial charge in [-0.3, -0.25) is 0 Å². The second-order valence-electron chi connectivity index (χ2n) is 8.50. The molecule has 2 aromatic heterocycles. The van der Waals surface area contributed by atoms with Crippen molar-refractivity contribution in [2.24, 2.45) is 0 Å². The lowest BCUT2D eigenvalue weighted by Gasteiger charge is -2.15. The van der Waals surface area contributed by atoms with Crippen LogP contribution in [0.5, 0.6) is 17.2 Å². The van der Waals surface area contributed by atoms with Crippen molar-refractivity contribution < 1.29 is 14.2 Å². The van der Waals surface area contributed by atoms with Crippen molar-refractivity contribution >= 4 is 11.2 Å². The number of hydrogen-bond acceptors (Lipinski definition) is 5. The van der Waals surface area contributed by atoms with E-state index in [1.165, 1.54) is 0 Å². The number of H-pyrrole nitrogens is 1. The Morgan fingerprint density at radius 3 is 2.37 bits per heavy atom. The SMILES string of the molecule is COc1ccc(-c2cnc3[nH]c(-c4ccc(OCc5ccccc5)cc4OC(C)C)nc3c2)cc1. The fourth-order valence-electron chi connectivity index (χ4n) is 3.84. The molecule has 0 atom stereocenters. The zero-order valence-electron chi connectivity index (χ0n) is 20.0. The average Bonchev–Trinajstić information content (AvgIpc) is 3.31. The minimum atomic E-state index is 0.00213. The van der Waals surface area contributed by atoms with E-state index in [2.05, 4.69) is 9.97 Å². The van der Waals surface area contributed by atoms with Crippen molar-refractivity contribution in [1.82, 2.24) is 15.0 Å². The molecule has 0 saturated heterocycles. The number of rotatable bonds is 8. The summed E-state index contributed by atoms with van der Waals surface area (Å²) < 4.78 is 17.4. The quantitative estimate of drug-likeness (QED) is 0.277. The fourth-order valence-corrected chi connectivity index (χ4v) is 3.84. The third-order valence-corrected chi connectivity index (χ3v) is 5.58. The van der Waals surface area contributed by atoms with Crippen LogP contribution in [0.1, 0.15) is 19.4 Å². The van der Waals surface area contributed by atoms with E-state index < -0.39 is 0 Å². The average molecular weight is 466 g/mol. The van der Waals surface area contributed by atoms with E-state index in [1.807, 2.05) is 98.9 Å². The largest absolute Gasteiger partial charge is 0.497 e. The lowest BCUT2D eigenvalue weighted by Crippen LogP contribution is -2.07. The highest BCUT2D eigenvalue weighted by Gasteiger charge is 2.15. The molecule has 3 aromatic carbocycles. The number of fused-ring (bicyclic) bond motifs is 1. The molecule has 0 aliphatic heterocycles. The fraction of sp³-hybridized carbons (Fsp3) is 0.172. The van der Waals surface area contributed by atoms with Crippen LogP contribution < -0.4 is 14.2 Å². The summed E-state index contributed by atoms with van der Waals surface area (Å²) in [6.45, 7) is 4.50. The molecule has 1 N–H and O–H groups in total. The van der Waals surface area contributed by atoms with E-state index in [-0.39, 0.29) is 6.10 Å². The summed E-state index contributed by atoms with van der Waals surface area (Å²) in [7, 11) is 1.66. The standard InChI is InChI=1S/C29H27N3O3/c1-19(2)35-27-16-24(34-18-20-7-5-4-6-8-20)13-14-25(27)28-31-26-15-22(17-30-29(26)32-28)21-9-11-23(33-3)12-10-21/h4-17,19H,18H2,1-3H3,(H,30,31,32). The smallest absolute Gasteiger partial charge is 0.157 e. The lowest BCUT2D eigenvalue weighted by atomic mass is 10.1. The van der Waals surface area contributed by atoms with Gasteiger partial charge in [0, 0.05) is 17.8 Å². The van der Waals surface area contributed by atoms with Gasteiger partial charge in [0.25, 0.3) is 0 Å². The highest BCUT2D eigenvalue weighted by molar-refractivity contribution is 5.82. The van der Waals surface area contributed by atoms with Gasteiger partial charge in [-0.25, -0.2) is 9.97 Å². The Kier molecular flexibility index (Phi) is 6.35. The topological polar surface area (TPSA) is 69.3 Å². The van der Waals surface area contributed by atoms with E-state index >= 15 is 0 Å². The van der Waals surface area contributed by atoms with Crippen molar-refractivity contribution in [3.63, 3.8) is 0 Å². The summed E-state index contributed by atoms with van der Waals surface area (Å²) in [6.07, 6.45) is 1.85. The summed E-state index contributed by atoms with van der Waals surface area (Å²) in [5, 5.41) is 0. The molecular formula is C29H27N3O3. The Bertz CT molecular complexity index is 1430. The number of methoxy groups -OCH3 is 1. The minimum absolute atomic E-state index is 0.00213. The molecule has 0 unspecified atom stereocenters. The Labute approximate surface area is 204 Å². The highest BCUT2D eigenvalue weighted by Crippen LogP contribution is 2.34. The van der Waals surface area contributed by atoms with Gasteiger partial charge in [0.1, 0.15) is 35.2 Å². The first-order chi connectivity index (χ1) is 17.1. The maximum absolute atomic E-state index is 6.13. The van der Waals surface area contributed by atoms with E-state index in [0.717, 1.165) is 44.9 Å². The first-order valence-electron chi connectivity index (χ1n) is 11.6. The van der Waals surface area contributed by atoms with Crippen molar-refractivity contribution in [2.75, 3.05) is 7.11 Å². The van der Waals surface area contributed by atoms with E-state index in [9.17, 15) is 0 Å². The maximum Gasteiger partial charge on any atom is 0.157 e. The third-order valence-electron chi connectivity index (χ3n) is 5.58. The number of nitrogens with one attached hydrogen (secondary N) is 1. The number of imidazole rings is 1. The first-order valence-corrected chi connectivity index (χ1v) is 11.6. The summed E-state index contributed by atoms with van der Waals surface area (Å²) in [5.41, 5.74) is 5.51. The third kappa shape index (κ3) is 5.11. The van der Waals surface area contributed by atoms with Crippen LogP contribution in [0.3, 0.4) is 0 Å². The summed E-state index contributed by atoms with van der Waals surface area (Å²) in [5.74, 6) is 2.97. The Morgan fingerprint density at radius 1 is 0.857 bits per heavy atom. The molecule has 2 heterocycles. The number of nitrogens with zero attached hydrogens (tertiary/aromatic N) is 2. The van der Waals surface area contributed by atoms with Crippen LogP contribution in [0.25, 0.3) is 33.7 Å². The second-order valence-corrected chi connectivity index (χ2v) is 8.50. The van der Waals surface area contributed by atoms with Crippen molar-refractivity contribution in [3.8, 4) is 39.8 Å². The molecule has 176 valence electrons. The molecule has 0 saturated carbocycles. The van der Waals surface area contributed by atoms with Gasteiger partial charge in [-0.1, -0.05) is 42.5 Å². The van der Waals surface area contributed by atoms with Crippen LogP contribution in [-0.2, 0) is 6.61 Å². The van der Waals surface area contributed by atoms with E-state index in [1.54, 1.807) is 7.11 Å². The van der Waals surface area contributed by atoms with Gasteiger partial charge < -0.3 is 19.2 Å². The molecule has 0 fully saturated rings. The number of benzene rings is 3.